The van der Waals surface area contributed by atoms with E-state index in [0.717, 1.165) is 0 Å². The van der Waals surface area contributed by atoms with Crippen molar-refractivity contribution in [1.29, 1.82) is 0 Å². The monoisotopic (exact) mass is 386 g/mol. The molecule has 0 saturated heterocycles. The molecule has 0 aliphatic heterocycles. The van der Waals surface area contributed by atoms with Crippen molar-refractivity contribution in [1.82, 2.24) is 29.1 Å². The third-order valence-electron chi connectivity index (χ3n) is 4.71. The number of benzene rings is 1. The third-order valence-corrected chi connectivity index (χ3v) is 4.71. The summed E-state index contributed by atoms with van der Waals surface area (Å²) in [6.07, 6.45) is 6.08. The molecule has 0 amide bonds. The van der Waals surface area contributed by atoms with Crippen LogP contribution in [-0.2, 0) is 0 Å². The molecular weight excluding hydrogens is 372 g/mol. The Balaban J connectivity index is 1.77. The number of hydrogen-bond acceptors (Lipinski definition) is 6. The molecule has 4 aromatic heterocycles. The Kier molecular flexibility index (Phi) is 3.73. The fourth-order valence-corrected chi connectivity index (χ4v) is 3.27. The quantitative estimate of drug-likeness (QED) is 0.437. The SMILES string of the molecule is COc1cccc(-n2ccc3nc4ccn(-n5cnnc5)c(=O)c4cc3c2=O)c1. The lowest BCUT2D eigenvalue weighted by Gasteiger charge is -2.10. The van der Waals surface area contributed by atoms with E-state index in [1.54, 1.807) is 55.9 Å². The normalized spacial score (nSPS) is 11.2. The Labute approximate surface area is 163 Å². The average molecular weight is 386 g/mol. The van der Waals surface area contributed by atoms with Crippen LogP contribution >= 0.6 is 0 Å². The van der Waals surface area contributed by atoms with Crippen LogP contribution in [-0.4, -0.2) is 36.2 Å². The van der Waals surface area contributed by atoms with Gasteiger partial charge in [-0.05, 0) is 30.3 Å². The van der Waals surface area contributed by atoms with Gasteiger partial charge in [0.2, 0.25) is 0 Å². The van der Waals surface area contributed by atoms with Crippen molar-refractivity contribution in [2.75, 3.05) is 7.11 Å². The van der Waals surface area contributed by atoms with Crippen LogP contribution in [0.15, 0.2) is 77.1 Å². The van der Waals surface area contributed by atoms with E-state index < -0.39 is 0 Å². The van der Waals surface area contributed by atoms with Gasteiger partial charge in [-0.25, -0.2) is 14.3 Å². The predicted octanol–water partition coefficient (Wildman–Crippen LogP) is 1.61. The minimum absolute atomic E-state index is 0.274. The number of hydrogen-bond donors (Lipinski definition) is 0. The van der Waals surface area contributed by atoms with E-state index >= 15 is 0 Å². The number of aromatic nitrogens is 6. The smallest absolute Gasteiger partial charge is 0.279 e. The minimum atomic E-state index is -0.326. The highest BCUT2D eigenvalue weighted by atomic mass is 16.5. The van der Waals surface area contributed by atoms with Gasteiger partial charge in [0.15, 0.2) is 0 Å². The lowest BCUT2D eigenvalue weighted by Crippen LogP contribution is -2.25. The highest BCUT2D eigenvalue weighted by Gasteiger charge is 2.11. The van der Waals surface area contributed by atoms with Gasteiger partial charge in [0.1, 0.15) is 18.4 Å². The number of pyridine rings is 3. The summed E-state index contributed by atoms with van der Waals surface area (Å²) < 4.78 is 9.54. The number of ether oxygens (including phenoxy) is 1. The summed E-state index contributed by atoms with van der Waals surface area (Å²) in [5.41, 5.74) is 1.08. The van der Waals surface area contributed by atoms with Crippen LogP contribution in [0.3, 0.4) is 0 Å². The van der Waals surface area contributed by atoms with Gasteiger partial charge in [-0.2, -0.15) is 0 Å². The summed E-state index contributed by atoms with van der Waals surface area (Å²) in [6, 6.07) is 12.2. The van der Waals surface area contributed by atoms with Crippen LogP contribution in [0.4, 0.5) is 0 Å². The maximum Gasteiger partial charge on any atom is 0.279 e. The summed E-state index contributed by atoms with van der Waals surface area (Å²) in [6.45, 7) is 0. The van der Waals surface area contributed by atoms with Crippen molar-refractivity contribution in [3.05, 3.63) is 88.2 Å². The van der Waals surface area contributed by atoms with Crippen molar-refractivity contribution in [3.63, 3.8) is 0 Å². The Morgan fingerprint density at radius 1 is 0.862 bits per heavy atom. The van der Waals surface area contributed by atoms with E-state index in [2.05, 4.69) is 15.2 Å². The van der Waals surface area contributed by atoms with Crippen molar-refractivity contribution in [2.45, 2.75) is 0 Å². The van der Waals surface area contributed by atoms with E-state index in [9.17, 15) is 9.59 Å². The Hall–Kier alpha value is -4.27. The fourth-order valence-electron chi connectivity index (χ4n) is 3.27. The second-order valence-electron chi connectivity index (χ2n) is 6.35. The molecular formula is C20H14N6O3. The largest absolute Gasteiger partial charge is 0.497 e. The van der Waals surface area contributed by atoms with Gasteiger partial charge in [-0.3, -0.25) is 14.2 Å². The van der Waals surface area contributed by atoms with Gasteiger partial charge in [0, 0.05) is 18.5 Å². The first kappa shape index (κ1) is 16.9. The molecule has 0 radical (unpaired) electrons. The first-order chi connectivity index (χ1) is 14.2. The molecule has 0 spiro atoms. The second kappa shape index (κ2) is 6.41. The molecule has 9 heteroatoms. The van der Waals surface area contributed by atoms with Crippen molar-refractivity contribution in [3.8, 4) is 11.4 Å². The van der Waals surface area contributed by atoms with Gasteiger partial charge < -0.3 is 4.74 Å². The first-order valence-electron chi connectivity index (χ1n) is 8.73. The third kappa shape index (κ3) is 2.67. The Bertz CT molecular complexity index is 1480. The van der Waals surface area contributed by atoms with E-state index in [1.807, 2.05) is 6.07 Å². The molecule has 5 rings (SSSR count). The van der Waals surface area contributed by atoms with Crippen LogP contribution in [0, 0.1) is 0 Å². The molecule has 0 bridgehead atoms. The van der Waals surface area contributed by atoms with Crippen LogP contribution in [0.25, 0.3) is 27.5 Å². The minimum Gasteiger partial charge on any atom is -0.497 e. The molecule has 142 valence electrons. The summed E-state index contributed by atoms with van der Waals surface area (Å²) in [7, 11) is 1.57. The summed E-state index contributed by atoms with van der Waals surface area (Å²) >= 11 is 0. The molecule has 1 aromatic carbocycles. The maximum absolute atomic E-state index is 13.1. The summed E-state index contributed by atoms with van der Waals surface area (Å²) in [5.74, 6) is 0.642. The van der Waals surface area contributed by atoms with Crippen molar-refractivity contribution >= 4 is 21.8 Å². The van der Waals surface area contributed by atoms with Crippen LogP contribution in [0.5, 0.6) is 5.75 Å². The zero-order chi connectivity index (χ0) is 20.0. The second-order valence-corrected chi connectivity index (χ2v) is 6.35. The summed E-state index contributed by atoms with van der Waals surface area (Å²) in [5, 5.41) is 8.11. The molecule has 0 unspecified atom stereocenters. The Morgan fingerprint density at radius 2 is 1.59 bits per heavy atom. The summed E-state index contributed by atoms with van der Waals surface area (Å²) in [4.78, 5) is 30.6. The lowest BCUT2D eigenvalue weighted by atomic mass is 10.2. The first-order valence-corrected chi connectivity index (χ1v) is 8.73. The number of methoxy groups -OCH3 is 1. The predicted molar refractivity (Wildman–Crippen MR) is 106 cm³/mol. The van der Waals surface area contributed by atoms with Crippen LogP contribution in [0.2, 0.25) is 0 Å². The highest BCUT2D eigenvalue weighted by Crippen LogP contribution is 2.18. The van der Waals surface area contributed by atoms with E-state index in [0.29, 0.717) is 33.2 Å². The van der Waals surface area contributed by atoms with Gasteiger partial charge in [-0.15, -0.1) is 10.2 Å². The van der Waals surface area contributed by atoms with Gasteiger partial charge in [-0.1, -0.05) is 6.07 Å². The maximum atomic E-state index is 13.1. The van der Waals surface area contributed by atoms with Gasteiger partial charge >= 0.3 is 0 Å². The topological polar surface area (TPSA) is 96.8 Å². The zero-order valence-corrected chi connectivity index (χ0v) is 15.3. The number of nitrogens with zero attached hydrogens (tertiary/aromatic N) is 6. The molecule has 0 N–H and O–H groups in total. The molecule has 5 aromatic rings. The van der Waals surface area contributed by atoms with E-state index in [-0.39, 0.29) is 11.1 Å². The van der Waals surface area contributed by atoms with Crippen LogP contribution < -0.4 is 15.9 Å². The molecule has 0 fully saturated rings. The van der Waals surface area contributed by atoms with Gasteiger partial charge in [0.25, 0.3) is 11.1 Å². The fraction of sp³-hybridized carbons (Fsp3) is 0.0500. The Morgan fingerprint density at radius 3 is 2.34 bits per heavy atom. The van der Waals surface area contributed by atoms with E-state index in [4.69, 9.17) is 4.74 Å². The zero-order valence-electron chi connectivity index (χ0n) is 15.3. The lowest BCUT2D eigenvalue weighted by molar-refractivity contribution is 0.414. The average Bonchev–Trinajstić information content (AvgIpc) is 3.28. The highest BCUT2D eigenvalue weighted by molar-refractivity contribution is 5.91. The van der Waals surface area contributed by atoms with Gasteiger partial charge in [0.05, 0.1) is 34.6 Å². The number of fused-ring (bicyclic) bond motifs is 2. The van der Waals surface area contributed by atoms with Crippen molar-refractivity contribution in [2.24, 2.45) is 0 Å². The molecule has 29 heavy (non-hydrogen) atoms. The molecule has 0 saturated carbocycles. The standard InChI is InChI=1S/C20H14N6O3/c1-29-14-4-2-3-13(9-14)25-7-5-17-15(19(25)27)10-16-18(23-17)6-8-26(20(16)28)24-11-21-22-12-24/h2-12H,1H3. The number of rotatable bonds is 3. The molecule has 0 aliphatic rings. The molecule has 0 aliphatic carbocycles. The molecule has 0 atom stereocenters. The van der Waals surface area contributed by atoms with Crippen LogP contribution in [0.1, 0.15) is 0 Å². The molecule has 4 heterocycles. The van der Waals surface area contributed by atoms with Crippen molar-refractivity contribution < 1.29 is 4.74 Å². The van der Waals surface area contributed by atoms with E-state index in [1.165, 1.54) is 26.6 Å². The molecule has 9 nitrogen and oxygen atoms in total.